The van der Waals surface area contributed by atoms with Gasteiger partial charge < -0.3 is 14.7 Å². The molecule has 10 rings (SSSR count). The predicted octanol–water partition coefficient (Wildman–Crippen LogP) is 20.2. The van der Waals surface area contributed by atoms with E-state index in [1.54, 1.807) is 11.8 Å². The Kier molecular flexibility index (Phi) is 16.1. The third kappa shape index (κ3) is 10.8. The van der Waals surface area contributed by atoms with Crippen LogP contribution >= 0.6 is 34.4 Å². The molecule has 2 unspecified atom stereocenters. The second-order valence-corrected chi connectivity index (χ2v) is 21.6. The Balaban J connectivity index is 0.877. The number of hydrogen-bond donors (Lipinski definition) is 0. The van der Waals surface area contributed by atoms with Crippen LogP contribution < -0.4 is 14.7 Å². The first kappa shape index (κ1) is 50.2. The molecule has 3 nitrogen and oxygen atoms in total. The number of fused-ring (bicyclic) bond motifs is 4. The standard InChI is InChI=1S/C68H63N3S3/c1-6-8-12-22-49(3)70(64-31-20-30-63-61-28-17-18-33-66(61)74-68(63)64)58-42-38-54(39-43-58)53-34-40-56(41-35-53)69(55-24-13-9-10-14-25-55)47-21-23-51(7-2)52-36-44-59(45-37-52)71(57-26-15-11-16-27-57)65-32-19-29-62-60(46-48-72-5)50(4)73-67(62)65/h6-13,15-36,38-46,48-49,52H,14,37,47H2,1-5H3. The van der Waals surface area contributed by atoms with Gasteiger partial charge in [0.25, 0.3) is 0 Å². The summed E-state index contributed by atoms with van der Waals surface area (Å²) in [5, 5.41) is 6.11. The number of rotatable bonds is 17. The highest BCUT2D eigenvalue weighted by molar-refractivity contribution is 8.01. The van der Waals surface area contributed by atoms with Gasteiger partial charge in [0, 0.05) is 72.7 Å². The molecule has 74 heavy (non-hydrogen) atoms. The Morgan fingerprint density at radius 3 is 2.15 bits per heavy atom. The lowest BCUT2D eigenvalue weighted by molar-refractivity contribution is 0.774. The van der Waals surface area contributed by atoms with Gasteiger partial charge in [0.15, 0.2) is 0 Å². The van der Waals surface area contributed by atoms with Crippen LogP contribution in [-0.2, 0) is 0 Å². The van der Waals surface area contributed by atoms with E-state index >= 15 is 0 Å². The second kappa shape index (κ2) is 23.7. The Morgan fingerprint density at radius 2 is 1.41 bits per heavy atom. The van der Waals surface area contributed by atoms with Crippen LogP contribution in [-0.4, -0.2) is 18.8 Å². The van der Waals surface area contributed by atoms with Crippen LogP contribution in [0.1, 0.15) is 44.1 Å². The molecule has 2 heterocycles. The molecule has 0 bridgehead atoms. The van der Waals surface area contributed by atoms with Gasteiger partial charge in [-0.15, -0.1) is 34.4 Å². The van der Waals surface area contributed by atoms with Crippen LogP contribution in [0.3, 0.4) is 0 Å². The predicted molar refractivity (Wildman–Crippen MR) is 331 cm³/mol. The summed E-state index contributed by atoms with van der Waals surface area (Å²) < 4.78 is 3.93. The molecule has 0 aliphatic heterocycles. The minimum Gasteiger partial charge on any atom is -0.338 e. The van der Waals surface area contributed by atoms with Crippen molar-refractivity contribution in [2.75, 3.05) is 27.5 Å². The number of thioether (sulfide) groups is 1. The molecule has 2 aliphatic rings. The number of allylic oxidation sites excluding steroid dienone is 14. The van der Waals surface area contributed by atoms with Crippen LogP contribution in [0.2, 0.25) is 0 Å². The molecule has 0 amide bonds. The van der Waals surface area contributed by atoms with E-state index in [2.05, 4.69) is 291 Å². The first-order chi connectivity index (χ1) is 36.4. The zero-order valence-corrected chi connectivity index (χ0v) is 45.4. The third-order valence-corrected chi connectivity index (χ3v) is 16.7. The minimum atomic E-state index is 0.127. The summed E-state index contributed by atoms with van der Waals surface area (Å²) in [6.07, 6.45) is 40.0. The van der Waals surface area contributed by atoms with Gasteiger partial charge in [-0.25, -0.2) is 0 Å². The van der Waals surface area contributed by atoms with Crippen molar-refractivity contribution in [3.63, 3.8) is 0 Å². The lowest BCUT2D eigenvalue weighted by atomic mass is 9.90. The molecule has 368 valence electrons. The first-order valence-corrected chi connectivity index (χ1v) is 28.6. The van der Waals surface area contributed by atoms with Crippen molar-refractivity contribution in [1.29, 1.82) is 0 Å². The molecule has 0 N–H and O–H groups in total. The fraction of sp³-hybridized carbons (Fsp3) is 0.147. The molecule has 0 fully saturated rings. The average molecular weight is 1020 g/mol. The molecule has 6 heteroatoms. The normalized spacial score (nSPS) is 15.6. The van der Waals surface area contributed by atoms with E-state index in [9.17, 15) is 0 Å². The summed E-state index contributed by atoms with van der Waals surface area (Å²) in [5.74, 6) is 0.274. The Labute approximate surface area is 450 Å². The van der Waals surface area contributed by atoms with Gasteiger partial charge >= 0.3 is 0 Å². The van der Waals surface area contributed by atoms with Gasteiger partial charge in [0.05, 0.1) is 20.8 Å². The molecule has 0 saturated carbocycles. The Hall–Kier alpha value is -7.35. The molecule has 8 aromatic rings. The highest BCUT2D eigenvalue weighted by Gasteiger charge is 2.23. The fourth-order valence-corrected chi connectivity index (χ4v) is 12.9. The van der Waals surface area contributed by atoms with E-state index in [4.69, 9.17) is 0 Å². The van der Waals surface area contributed by atoms with Crippen LogP contribution in [0, 0.1) is 12.8 Å². The topological polar surface area (TPSA) is 9.72 Å². The fourth-order valence-electron chi connectivity index (χ4n) is 10.2. The number of anilines is 5. The van der Waals surface area contributed by atoms with E-state index < -0.39 is 0 Å². The highest BCUT2D eigenvalue weighted by Crippen LogP contribution is 2.45. The molecule has 0 spiro atoms. The first-order valence-electron chi connectivity index (χ1n) is 25.7. The number of hydrogen-bond acceptors (Lipinski definition) is 6. The lowest BCUT2D eigenvalue weighted by Crippen LogP contribution is -2.26. The number of nitrogens with zero attached hydrogens (tertiary/aromatic N) is 3. The number of thiophene rings is 2. The summed E-state index contributed by atoms with van der Waals surface area (Å²) in [6, 6.07) is 51.4. The number of benzene rings is 6. The van der Waals surface area contributed by atoms with Crippen LogP contribution in [0.25, 0.3) is 47.5 Å². The SMILES string of the molecule is CC=CC=CC(C)N(c1ccc(-c2ccc(N(CC=CC(=CC)C3C=CC(N(c4ccccc4)c4cccc5c(C=CSC)c(C)sc45)=CC3)C3=CCC=CC=C3)cc2)cc1)c1cccc2c1sc1ccccc12. The molecule has 0 saturated heterocycles. The molecular formula is C68H63N3S3. The van der Waals surface area contributed by atoms with Crippen molar-refractivity contribution in [3.05, 3.63) is 263 Å². The molecule has 0 radical (unpaired) electrons. The van der Waals surface area contributed by atoms with Gasteiger partial charge in [-0.1, -0.05) is 164 Å². The molecule has 2 atom stereocenters. The van der Waals surface area contributed by atoms with Gasteiger partial charge in [-0.2, -0.15) is 0 Å². The van der Waals surface area contributed by atoms with E-state index in [1.807, 2.05) is 22.7 Å². The van der Waals surface area contributed by atoms with Crippen molar-refractivity contribution < 1.29 is 0 Å². The maximum absolute atomic E-state index is 2.48. The largest absolute Gasteiger partial charge is 0.338 e. The maximum Gasteiger partial charge on any atom is 0.0640 e. The number of para-hydroxylation sites is 1. The third-order valence-electron chi connectivity index (χ3n) is 13.9. The van der Waals surface area contributed by atoms with Crippen LogP contribution in [0.4, 0.5) is 28.4 Å². The Morgan fingerprint density at radius 1 is 0.689 bits per heavy atom. The van der Waals surface area contributed by atoms with Crippen LogP contribution in [0.15, 0.2) is 253 Å². The zero-order valence-electron chi connectivity index (χ0n) is 42.9. The average Bonchev–Trinajstić information content (AvgIpc) is 3.86. The van der Waals surface area contributed by atoms with E-state index in [0.29, 0.717) is 0 Å². The molecular weight excluding hydrogens is 955 g/mol. The van der Waals surface area contributed by atoms with Crippen molar-refractivity contribution in [2.24, 2.45) is 5.92 Å². The van der Waals surface area contributed by atoms with E-state index in [-0.39, 0.29) is 12.0 Å². The van der Waals surface area contributed by atoms with E-state index in [1.165, 1.54) is 80.2 Å². The second-order valence-electron chi connectivity index (χ2n) is 18.6. The summed E-state index contributed by atoms with van der Waals surface area (Å²) >= 11 is 5.50. The van der Waals surface area contributed by atoms with E-state index in [0.717, 1.165) is 36.4 Å². The number of aryl methyl sites for hydroxylation is 1. The molecule has 6 aromatic carbocycles. The van der Waals surface area contributed by atoms with Crippen molar-refractivity contribution in [1.82, 2.24) is 0 Å². The zero-order chi connectivity index (χ0) is 50.8. The van der Waals surface area contributed by atoms with Crippen molar-refractivity contribution >= 4 is 99.2 Å². The minimum absolute atomic E-state index is 0.127. The molecule has 2 aliphatic carbocycles. The van der Waals surface area contributed by atoms with Crippen LogP contribution in [0.5, 0.6) is 0 Å². The van der Waals surface area contributed by atoms with Gasteiger partial charge in [-0.3, -0.25) is 0 Å². The lowest BCUT2D eigenvalue weighted by Gasteiger charge is -2.30. The summed E-state index contributed by atoms with van der Waals surface area (Å²) in [7, 11) is 0. The van der Waals surface area contributed by atoms with Crippen molar-refractivity contribution in [2.45, 2.75) is 46.6 Å². The van der Waals surface area contributed by atoms with Gasteiger partial charge in [0.1, 0.15) is 0 Å². The summed E-state index contributed by atoms with van der Waals surface area (Å²) in [5.41, 5.74) is 13.3. The molecule has 2 aromatic heterocycles. The monoisotopic (exact) mass is 1020 g/mol. The quantitative estimate of drug-likeness (QED) is 0.0841. The van der Waals surface area contributed by atoms with Crippen molar-refractivity contribution in [3.8, 4) is 11.1 Å². The van der Waals surface area contributed by atoms with Gasteiger partial charge in [-0.05, 0) is 147 Å². The highest BCUT2D eigenvalue weighted by atomic mass is 32.2. The maximum atomic E-state index is 2.48. The van der Waals surface area contributed by atoms with Gasteiger partial charge in [0.2, 0.25) is 0 Å². The summed E-state index contributed by atoms with van der Waals surface area (Å²) in [6.45, 7) is 9.49. The Bertz CT molecular complexity index is 3570. The smallest absolute Gasteiger partial charge is 0.0640 e. The summed E-state index contributed by atoms with van der Waals surface area (Å²) in [4.78, 5) is 8.68.